The van der Waals surface area contributed by atoms with Crippen molar-refractivity contribution in [2.75, 3.05) is 11.9 Å². The van der Waals surface area contributed by atoms with E-state index in [-0.39, 0.29) is 0 Å². The van der Waals surface area contributed by atoms with Gasteiger partial charge in [0.25, 0.3) is 0 Å². The van der Waals surface area contributed by atoms with Crippen LogP contribution in [0.5, 0.6) is 5.75 Å². The SMILES string of the molecule is CCOc1ccc(NC(C)CCc2ccccc2)c(C)c1. The quantitative estimate of drug-likeness (QED) is 0.786. The highest BCUT2D eigenvalue weighted by molar-refractivity contribution is 5.54. The van der Waals surface area contributed by atoms with Gasteiger partial charge in [0.2, 0.25) is 0 Å². The van der Waals surface area contributed by atoms with Crippen LogP contribution in [-0.2, 0) is 6.42 Å². The molecule has 1 atom stereocenters. The second-order valence-corrected chi connectivity index (χ2v) is 5.48. The van der Waals surface area contributed by atoms with Gasteiger partial charge < -0.3 is 10.1 Å². The first kappa shape index (κ1) is 15.4. The van der Waals surface area contributed by atoms with Crippen molar-refractivity contribution in [3.8, 4) is 5.75 Å². The lowest BCUT2D eigenvalue weighted by Gasteiger charge is -2.18. The number of rotatable bonds is 7. The minimum absolute atomic E-state index is 0.446. The number of anilines is 1. The first-order valence-electron chi connectivity index (χ1n) is 7.73. The highest BCUT2D eigenvalue weighted by atomic mass is 16.5. The van der Waals surface area contributed by atoms with Gasteiger partial charge in [0.1, 0.15) is 5.75 Å². The summed E-state index contributed by atoms with van der Waals surface area (Å²) in [4.78, 5) is 0. The van der Waals surface area contributed by atoms with E-state index in [9.17, 15) is 0 Å². The lowest BCUT2D eigenvalue weighted by Crippen LogP contribution is -2.16. The Kier molecular flexibility index (Phi) is 5.68. The van der Waals surface area contributed by atoms with Crippen LogP contribution >= 0.6 is 0 Å². The summed E-state index contributed by atoms with van der Waals surface area (Å²) in [5, 5.41) is 3.59. The minimum Gasteiger partial charge on any atom is -0.494 e. The summed E-state index contributed by atoms with van der Waals surface area (Å²) in [6.45, 7) is 7.07. The first-order valence-corrected chi connectivity index (χ1v) is 7.73. The molecular formula is C19H25NO. The lowest BCUT2D eigenvalue weighted by atomic mass is 10.1. The van der Waals surface area contributed by atoms with Gasteiger partial charge in [-0.3, -0.25) is 0 Å². The van der Waals surface area contributed by atoms with Crippen molar-refractivity contribution in [1.82, 2.24) is 0 Å². The van der Waals surface area contributed by atoms with E-state index in [1.807, 2.05) is 13.0 Å². The van der Waals surface area contributed by atoms with Crippen molar-refractivity contribution < 1.29 is 4.74 Å². The maximum absolute atomic E-state index is 5.52. The third-order valence-electron chi connectivity index (χ3n) is 3.62. The van der Waals surface area contributed by atoms with E-state index in [1.54, 1.807) is 0 Å². The predicted molar refractivity (Wildman–Crippen MR) is 90.2 cm³/mol. The zero-order valence-corrected chi connectivity index (χ0v) is 13.2. The Morgan fingerprint density at radius 1 is 1.10 bits per heavy atom. The van der Waals surface area contributed by atoms with Crippen molar-refractivity contribution >= 4 is 5.69 Å². The molecule has 2 aromatic rings. The van der Waals surface area contributed by atoms with E-state index >= 15 is 0 Å². The topological polar surface area (TPSA) is 21.3 Å². The molecule has 0 saturated heterocycles. The molecule has 2 nitrogen and oxygen atoms in total. The molecule has 0 bridgehead atoms. The van der Waals surface area contributed by atoms with Crippen molar-refractivity contribution in [2.45, 2.75) is 39.7 Å². The number of nitrogens with one attached hydrogen (secondary N) is 1. The fraction of sp³-hybridized carbons (Fsp3) is 0.368. The van der Waals surface area contributed by atoms with E-state index in [4.69, 9.17) is 4.74 Å². The molecule has 0 fully saturated rings. The fourth-order valence-electron chi connectivity index (χ4n) is 2.42. The number of benzene rings is 2. The van der Waals surface area contributed by atoms with Crippen LogP contribution in [0.4, 0.5) is 5.69 Å². The average molecular weight is 283 g/mol. The molecule has 0 aliphatic carbocycles. The molecule has 0 radical (unpaired) electrons. The van der Waals surface area contributed by atoms with Gasteiger partial charge in [0, 0.05) is 11.7 Å². The maximum atomic E-state index is 5.52. The third-order valence-corrected chi connectivity index (χ3v) is 3.62. The molecular weight excluding hydrogens is 258 g/mol. The second-order valence-electron chi connectivity index (χ2n) is 5.48. The molecule has 0 aliphatic rings. The Bertz CT molecular complexity index is 551. The molecule has 0 spiro atoms. The van der Waals surface area contributed by atoms with Gasteiger partial charge in [-0.2, -0.15) is 0 Å². The molecule has 2 rings (SSSR count). The normalized spacial score (nSPS) is 12.0. The van der Waals surface area contributed by atoms with E-state index in [0.717, 1.165) is 18.6 Å². The van der Waals surface area contributed by atoms with Crippen molar-refractivity contribution in [1.29, 1.82) is 0 Å². The molecule has 0 saturated carbocycles. The number of hydrogen-bond acceptors (Lipinski definition) is 2. The summed E-state index contributed by atoms with van der Waals surface area (Å²) in [6.07, 6.45) is 2.22. The number of hydrogen-bond donors (Lipinski definition) is 1. The highest BCUT2D eigenvalue weighted by Gasteiger charge is 2.06. The minimum atomic E-state index is 0.446. The monoisotopic (exact) mass is 283 g/mol. The molecule has 21 heavy (non-hydrogen) atoms. The zero-order valence-electron chi connectivity index (χ0n) is 13.2. The van der Waals surface area contributed by atoms with Gasteiger partial charge in [-0.25, -0.2) is 0 Å². The summed E-state index contributed by atoms with van der Waals surface area (Å²) >= 11 is 0. The summed E-state index contributed by atoms with van der Waals surface area (Å²) in [5.41, 5.74) is 3.82. The Morgan fingerprint density at radius 3 is 2.52 bits per heavy atom. The van der Waals surface area contributed by atoms with Crippen LogP contribution in [0, 0.1) is 6.92 Å². The van der Waals surface area contributed by atoms with E-state index < -0.39 is 0 Å². The van der Waals surface area contributed by atoms with Gasteiger partial charge >= 0.3 is 0 Å². The van der Waals surface area contributed by atoms with Gasteiger partial charge in [-0.1, -0.05) is 30.3 Å². The molecule has 2 heteroatoms. The highest BCUT2D eigenvalue weighted by Crippen LogP contribution is 2.22. The van der Waals surface area contributed by atoms with Crippen LogP contribution in [-0.4, -0.2) is 12.6 Å². The van der Waals surface area contributed by atoms with E-state index in [2.05, 4.69) is 61.6 Å². The molecule has 0 aliphatic heterocycles. The molecule has 1 unspecified atom stereocenters. The van der Waals surface area contributed by atoms with Gasteiger partial charge in [0.15, 0.2) is 0 Å². The van der Waals surface area contributed by atoms with E-state index in [1.165, 1.54) is 16.8 Å². The van der Waals surface area contributed by atoms with Crippen LogP contribution in [0.1, 0.15) is 31.4 Å². The Labute approximate surface area is 128 Å². The molecule has 0 heterocycles. The summed E-state index contributed by atoms with van der Waals surface area (Å²) < 4.78 is 5.52. The van der Waals surface area contributed by atoms with Crippen LogP contribution in [0.2, 0.25) is 0 Å². The Balaban J connectivity index is 1.89. The third kappa shape index (κ3) is 4.82. The summed E-state index contributed by atoms with van der Waals surface area (Å²) in [6, 6.07) is 17.3. The fourth-order valence-corrected chi connectivity index (χ4v) is 2.42. The number of aryl methyl sites for hydroxylation is 2. The molecule has 0 aromatic heterocycles. The Hall–Kier alpha value is -1.96. The summed E-state index contributed by atoms with van der Waals surface area (Å²) in [5.74, 6) is 0.942. The summed E-state index contributed by atoms with van der Waals surface area (Å²) in [7, 11) is 0. The van der Waals surface area contributed by atoms with Crippen molar-refractivity contribution in [2.24, 2.45) is 0 Å². The number of ether oxygens (including phenoxy) is 1. The van der Waals surface area contributed by atoms with Gasteiger partial charge in [-0.15, -0.1) is 0 Å². The van der Waals surface area contributed by atoms with Gasteiger partial charge in [-0.05, 0) is 62.9 Å². The largest absolute Gasteiger partial charge is 0.494 e. The van der Waals surface area contributed by atoms with Crippen LogP contribution in [0.25, 0.3) is 0 Å². The van der Waals surface area contributed by atoms with Crippen LogP contribution in [0.3, 0.4) is 0 Å². The second kappa shape index (κ2) is 7.72. The average Bonchev–Trinajstić information content (AvgIpc) is 2.49. The first-order chi connectivity index (χ1) is 10.2. The van der Waals surface area contributed by atoms with Crippen molar-refractivity contribution in [3.05, 3.63) is 59.7 Å². The van der Waals surface area contributed by atoms with Gasteiger partial charge in [0.05, 0.1) is 6.61 Å². The van der Waals surface area contributed by atoms with Crippen LogP contribution in [0.15, 0.2) is 48.5 Å². The van der Waals surface area contributed by atoms with Crippen molar-refractivity contribution in [3.63, 3.8) is 0 Å². The Morgan fingerprint density at radius 2 is 1.86 bits per heavy atom. The molecule has 2 aromatic carbocycles. The predicted octanol–water partition coefficient (Wildman–Crippen LogP) is 4.83. The van der Waals surface area contributed by atoms with Crippen LogP contribution < -0.4 is 10.1 Å². The molecule has 0 amide bonds. The lowest BCUT2D eigenvalue weighted by molar-refractivity contribution is 0.340. The smallest absolute Gasteiger partial charge is 0.119 e. The standard InChI is InChI=1S/C19H25NO/c1-4-21-18-12-13-19(15(2)14-18)20-16(3)10-11-17-8-6-5-7-9-17/h5-9,12-14,16,20H,4,10-11H2,1-3H3. The maximum Gasteiger partial charge on any atom is 0.119 e. The molecule has 1 N–H and O–H groups in total. The molecule has 112 valence electrons. The zero-order chi connectivity index (χ0) is 15.1. The van der Waals surface area contributed by atoms with E-state index in [0.29, 0.717) is 12.6 Å².